The highest BCUT2D eigenvalue weighted by molar-refractivity contribution is 6.22. The van der Waals surface area contributed by atoms with E-state index in [1.807, 2.05) is 0 Å². The van der Waals surface area contributed by atoms with Gasteiger partial charge < -0.3 is 0 Å². The molecule has 0 fully saturated rings. The Bertz CT molecular complexity index is 2440. The maximum atomic E-state index is 5.26. The first kappa shape index (κ1) is 26.8. The minimum absolute atomic E-state index is 0.222. The van der Waals surface area contributed by atoms with Crippen LogP contribution in [-0.4, -0.2) is 19.5 Å². The molecule has 0 amide bonds. The molecule has 0 unspecified atom stereocenters. The molecule has 4 heteroatoms. The van der Waals surface area contributed by atoms with Gasteiger partial charge >= 0.3 is 0 Å². The maximum Gasteiger partial charge on any atom is 0.238 e. The van der Waals surface area contributed by atoms with Crippen molar-refractivity contribution in [2.75, 3.05) is 0 Å². The predicted molar refractivity (Wildman–Crippen MR) is 190 cm³/mol. The van der Waals surface area contributed by atoms with E-state index in [-0.39, 0.29) is 5.41 Å². The van der Waals surface area contributed by atoms with E-state index in [9.17, 15) is 0 Å². The first-order chi connectivity index (χ1) is 22.4. The zero-order chi connectivity index (χ0) is 31.2. The standard InChI is InChI=1S/C42H32N4/c1-25-13-17-28(18-14-25)39-43-40(29-19-15-26(2)16-20-29)45-41(44-39)46-35-24-21-27-9-5-6-10-30(27)36(35)33-23-22-32-31-11-7-8-12-34(31)42(3,4)37(32)38(33)46/h5-24H,1-4H3. The number of aryl methyl sites for hydroxylation is 2. The van der Waals surface area contributed by atoms with Gasteiger partial charge in [0.1, 0.15) is 0 Å². The Labute approximate surface area is 268 Å². The molecule has 0 spiro atoms. The average Bonchev–Trinajstić information content (AvgIpc) is 3.54. The van der Waals surface area contributed by atoms with Crippen LogP contribution in [0.4, 0.5) is 0 Å². The lowest BCUT2D eigenvalue weighted by Crippen LogP contribution is -2.17. The summed E-state index contributed by atoms with van der Waals surface area (Å²) in [7, 11) is 0. The quantitative estimate of drug-likeness (QED) is 0.205. The van der Waals surface area contributed by atoms with Crippen LogP contribution in [0.1, 0.15) is 36.1 Å². The van der Waals surface area contributed by atoms with Crippen LogP contribution in [0.3, 0.4) is 0 Å². The third-order valence-corrected chi connectivity index (χ3v) is 9.78. The Morgan fingerprint density at radius 1 is 0.543 bits per heavy atom. The second-order valence-electron chi connectivity index (χ2n) is 13.1. The van der Waals surface area contributed by atoms with Crippen molar-refractivity contribution < 1.29 is 0 Å². The summed E-state index contributed by atoms with van der Waals surface area (Å²) in [5, 5.41) is 4.87. The first-order valence-corrected chi connectivity index (χ1v) is 15.9. The van der Waals surface area contributed by atoms with E-state index in [1.165, 1.54) is 54.9 Å². The molecule has 8 aromatic rings. The molecular weight excluding hydrogens is 560 g/mol. The van der Waals surface area contributed by atoms with Gasteiger partial charge in [0, 0.05) is 27.3 Å². The van der Waals surface area contributed by atoms with Gasteiger partial charge in [0.05, 0.1) is 11.0 Å². The van der Waals surface area contributed by atoms with E-state index in [0.29, 0.717) is 17.6 Å². The molecule has 46 heavy (non-hydrogen) atoms. The van der Waals surface area contributed by atoms with E-state index < -0.39 is 0 Å². The van der Waals surface area contributed by atoms with Crippen molar-refractivity contribution in [1.82, 2.24) is 19.5 Å². The second kappa shape index (κ2) is 9.69. The molecule has 1 aliphatic carbocycles. The van der Waals surface area contributed by atoms with Crippen molar-refractivity contribution in [1.29, 1.82) is 0 Å². The van der Waals surface area contributed by atoms with Crippen LogP contribution in [0.15, 0.2) is 121 Å². The molecule has 2 heterocycles. The van der Waals surface area contributed by atoms with E-state index >= 15 is 0 Å². The van der Waals surface area contributed by atoms with Gasteiger partial charge in [0.25, 0.3) is 0 Å². The van der Waals surface area contributed by atoms with Crippen LogP contribution < -0.4 is 0 Å². The third kappa shape index (κ3) is 3.83. The summed E-state index contributed by atoms with van der Waals surface area (Å²) in [6, 6.07) is 43.4. The van der Waals surface area contributed by atoms with Crippen molar-refractivity contribution in [3.63, 3.8) is 0 Å². The Morgan fingerprint density at radius 2 is 1.17 bits per heavy atom. The van der Waals surface area contributed by atoms with Gasteiger partial charge in [-0.25, -0.2) is 4.98 Å². The van der Waals surface area contributed by atoms with Gasteiger partial charge in [0.15, 0.2) is 11.6 Å². The summed E-state index contributed by atoms with van der Waals surface area (Å²) < 4.78 is 2.31. The number of aromatic nitrogens is 4. The normalized spacial score (nSPS) is 13.4. The Hall–Kier alpha value is -5.61. The van der Waals surface area contributed by atoms with Crippen LogP contribution in [0, 0.1) is 13.8 Å². The molecular formula is C42H32N4. The third-order valence-electron chi connectivity index (χ3n) is 9.78. The number of fused-ring (bicyclic) bond motifs is 9. The number of hydrogen-bond acceptors (Lipinski definition) is 3. The highest BCUT2D eigenvalue weighted by atomic mass is 15.2. The Balaban J connectivity index is 1.45. The summed E-state index contributed by atoms with van der Waals surface area (Å²) in [5.74, 6) is 1.94. The van der Waals surface area contributed by atoms with E-state index in [2.05, 4.69) is 154 Å². The fourth-order valence-corrected chi connectivity index (χ4v) is 7.47. The topological polar surface area (TPSA) is 43.6 Å². The summed E-state index contributed by atoms with van der Waals surface area (Å²) in [6.45, 7) is 8.90. The number of hydrogen-bond donors (Lipinski definition) is 0. The van der Waals surface area contributed by atoms with Gasteiger partial charge in [-0.2, -0.15) is 9.97 Å². The van der Waals surface area contributed by atoms with Crippen molar-refractivity contribution in [3.05, 3.63) is 144 Å². The fraction of sp³-hybridized carbons (Fsp3) is 0.119. The zero-order valence-electron chi connectivity index (χ0n) is 26.3. The summed E-state index contributed by atoms with van der Waals surface area (Å²) >= 11 is 0. The number of benzene rings is 6. The van der Waals surface area contributed by atoms with Crippen LogP contribution in [0.5, 0.6) is 0 Å². The van der Waals surface area contributed by atoms with Crippen molar-refractivity contribution in [2.45, 2.75) is 33.1 Å². The van der Waals surface area contributed by atoms with Crippen molar-refractivity contribution in [3.8, 4) is 39.9 Å². The molecule has 0 radical (unpaired) electrons. The molecule has 0 atom stereocenters. The molecule has 1 aliphatic rings. The number of nitrogens with zero attached hydrogens (tertiary/aromatic N) is 4. The zero-order valence-corrected chi connectivity index (χ0v) is 26.3. The van der Waals surface area contributed by atoms with Gasteiger partial charge in [-0.3, -0.25) is 4.57 Å². The molecule has 9 rings (SSSR count). The molecule has 0 bridgehead atoms. The Morgan fingerprint density at radius 3 is 1.87 bits per heavy atom. The lowest BCUT2D eigenvalue weighted by atomic mass is 9.81. The minimum atomic E-state index is -0.222. The lowest BCUT2D eigenvalue weighted by molar-refractivity contribution is 0.663. The molecule has 2 aromatic heterocycles. The smallest absolute Gasteiger partial charge is 0.238 e. The minimum Gasteiger partial charge on any atom is -0.277 e. The second-order valence-corrected chi connectivity index (χ2v) is 13.1. The summed E-state index contributed by atoms with van der Waals surface area (Å²) in [6.07, 6.45) is 0. The molecule has 220 valence electrons. The predicted octanol–water partition coefficient (Wildman–Crippen LogP) is 10.4. The molecule has 6 aromatic carbocycles. The van der Waals surface area contributed by atoms with E-state index in [0.717, 1.165) is 22.2 Å². The average molecular weight is 593 g/mol. The molecule has 0 aliphatic heterocycles. The molecule has 0 saturated carbocycles. The molecule has 0 saturated heterocycles. The Kier molecular flexibility index (Phi) is 5.64. The fourth-order valence-electron chi connectivity index (χ4n) is 7.47. The SMILES string of the molecule is Cc1ccc(-c2nc(-c3ccc(C)cc3)nc(-n3c4ccc5ccccc5c4c4ccc5c(c43)C(C)(C)c3ccccc3-5)n2)cc1. The monoisotopic (exact) mass is 592 g/mol. The van der Waals surface area contributed by atoms with Crippen LogP contribution in [0.2, 0.25) is 0 Å². The van der Waals surface area contributed by atoms with Crippen molar-refractivity contribution >= 4 is 32.6 Å². The van der Waals surface area contributed by atoms with Gasteiger partial charge in [-0.15, -0.1) is 0 Å². The highest BCUT2D eigenvalue weighted by Gasteiger charge is 2.38. The first-order valence-electron chi connectivity index (χ1n) is 15.9. The molecule has 4 nitrogen and oxygen atoms in total. The number of rotatable bonds is 3. The highest BCUT2D eigenvalue weighted by Crippen LogP contribution is 2.53. The van der Waals surface area contributed by atoms with E-state index in [4.69, 9.17) is 15.0 Å². The van der Waals surface area contributed by atoms with E-state index in [1.54, 1.807) is 0 Å². The van der Waals surface area contributed by atoms with Gasteiger partial charge in [-0.1, -0.05) is 140 Å². The molecule has 0 N–H and O–H groups in total. The maximum absolute atomic E-state index is 5.26. The van der Waals surface area contributed by atoms with Crippen LogP contribution in [-0.2, 0) is 5.41 Å². The summed E-state index contributed by atoms with van der Waals surface area (Å²) in [4.78, 5) is 15.6. The van der Waals surface area contributed by atoms with Crippen LogP contribution >= 0.6 is 0 Å². The van der Waals surface area contributed by atoms with Crippen molar-refractivity contribution in [2.24, 2.45) is 0 Å². The largest absolute Gasteiger partial charge is 0.277 e. The summed E-state index contributed by atoms with van der Waals surface area (Å²) in [5.41, 5.74) is 11.6. The van der Waals surface area contributed by atoms with Gasteiger partial charge in [0.2, 0.25) is 5.95 Å². The van der Waals surface area contributed by atoms with Gasteiger partial charge in [-0.05, 0) is 52.9 Å². The lowest BCUT2D eigenvalue weighted by Gasteiger charge is -2.23. The van der Waals surface area contributed by atoms with Crippen LogP contribution in [0.25, 0.3) is 72.4 Å².